The van der Waals surface area contributed by atoms with Crippen molar-refractivity contribution in [2.45, 2.75) is 58.5 Å². The Labute approximate surface area is 179 Å². The number of carbonyl (C=O) groups excluding carboxylic acids is 3. The van der Waals surface area contributed by atoms with E-state index >= 15 is 0 Å². The third-order valence-corrected chi connectivity index (χ3v) is 5.40. The number of methoxy groups -OCH3 is 1. The van der Waals surface area contributed by atoms with Crippen molar-refractivity contribution in [3.63, 3.8) is 0 Å². The van der Waals surface area contributed by atoms with E-state index < -0.39 is 0 Å². The van der Waals surface area contributed by atoms with Crippen LogP contribution in [-0.2, 0) is 20.9 Å². The summed E-state index contributed by atoms with van der Waals surface area (Å²) in [4.78, 5) is 39.1. The molecule has 2 atom stereocenters. The van der Waals surface area contributed by atoms with Crippen LogP contribution in [0.3, 0.4) is 0 Å². The number of likely N-dealkylation sites (N-methyl/N-ethyl adjacent to an activating group) is 1. The Kier molecular flexibility index (Phi) is 9.15. The fourth-order valence-corrected chi connectivity index (χ4v) is 3.68. The molecule has 0 bridgehead atoms. The highest BCUT2D eigenvalue weighted by molar-refractivity contribution is 5.85. The van der Waals surface area contributed by atoms with Gasteiger partial charge in [-0.1, -0.05) is 32.4 Å². The lowest BCUT2D eigenvalue weighted by Crippen LogP contribution is -2.44. The van der Waals surface area contributed by atoms with Crippen LogP contribution < -0.4 is 15.4 Å². The molecule has 1 aliphatic rings. The highest BCUT2D eigenvalue weighted by Gasteiger charge is 2.27. The Balaban J connectivity index is 1.92. The maximum Gasteiger partial charge on any atom is 0.223 e. The molecule has 0 aromatic heterocycles. The Morgan fingerprint density at radius 3 is 2.53 bits per heavy atom. The lowest BCUT2D eigenvalue weighted by Gasteiger charge is -2.24. The van der Waals surface area contributed by atoms with Crippen molar-refractivity contribution in [2.24, 2.45) is 11.8 Å². The van der Waals surface area contributed by atoms with Gasteiger partial charge in [0.1, 0.15) is 5.75 Å². The van der Waals surface area contributed by atoms with Gasteiger partial charge in [0.15, 0.2) is 0 Å². The molecule has 2 N–H and O–H groups in total. The van der Waals surface area contributed by atoms with Gasteiger partial charge in [-0.2, -0.15) is 0 Å². The Morgan fingerprint density at radius 2 is 1.90 bits per heavy atom. The normalized spacial score (nSPS) is 20.2. The maximum absolute atomic E-state index is 12.7. The van der Waals surface area contributed by atoms with Gasteiger partial charge in [-0.05, 0) is 36.5 Å². The lowest BCUT2D eigenvalue weighted by molar-refractivity contribution is -0.135. The third-order valence-electron chi connectivity index (χ3n) is 5.40. The van der Waals surface area contributed by atoms with Crippen molar-refractivity contribution in [1.29, 1.82) is 0 Å². The Hall–Kier alpha value is -2.57. The largest absolute Gasteiger partial charge is 0.497 e. The quantitative estimate of drug-likeness (QED) is 0.714. The van der Waals surface area contributed by atoms with Crippen molar-refractivity contribution in [1.82, 2.24) is 15.5 Å². The molecule has 1 saturated heterocycles. The van der Waals surface area contributed by atoms with E-state index in [-0.39, 0.29) is 36.1 Å². The smallest absolute Gasteiger partial charge is 0.223 e. The van der Waals surface area contributed by atoms with E-state index in [1.807, 2.05) is 38.1 Å². The van der Waals surface area contributed by atoms with E-state index in [9.17, 15) is 14.4 Å². The Bertz CT molecular complexity index is 718. The number of amides is 3. The van der Waals surface area contributed by atoms with Crippen molar-refractivity contribution < 1.29 is 19.1 Å². The van der Waals surface area contributed by atoms with Gasteiger partial charge in [0.25, 0.3) is 0 Å². The molecular formula is C23H35N3O4. The summed E-state index contributed by atoms with van der Waals surface area (Å²) in [6, 6.07) is 7.45. The van der Waals surface area contributed by atoms with Gasteiger partial charge in [0.2, 0.25) is 17.7 Å². The fourth-order valence-electron chi connectivity index (χ4n) is 3.68. The summed E-state index contributed by atoms with van der Waals surface area (Å²) in [5.41, 5.74) is 0.976. The summed E-state index contributed by atoms with van der Waals surface area (Å²) in [5, 5.41) is 6.01. The van der Waals surface area contributed by atoms with Crippen LogP contribution >= 0.6 is 0 Å². The first-order chi connectivity index (χ1) is 14.3. The minimum atomic E-state index is -0.358. The summed E-state index contributed by atoms with van der Waals surface area (Å²) < 4.78 is 5.15. The number of ether oxygens (including phenoxy) is 1. The number of nitrogens with zero attached hydrogens (tertiary/aromatic N) is 1. The first-order valence-electron chi connectivity index (χ1n) is 10.7. The van der Waals surface area contributed by atoms with Crippen LogP contribution in [0.1, 0.15) is 51.5 Å². The number of hydrogen-bond acceptors (Lipinski definition) is 4. The summed E-state index contributed by atoms with van der Waals surface area (Å²) >= 11 is 0. The van der Waals surface area contributed by atoms with Gasteiger partial charge < -0.3 is 20.3 Å². The second-order valence-electron chi connectivity index (χ2n) is 8.53. The molecule has 30 heavy (non-hydrogen) atoms. The van der Waals surface area contributed by atoms with Crippen LogP contribution in [0.4, 0.5) is 0 Å². The standard InChI is InChI=1S/C23H35N3O4/c1-16(2)12-21(27)25-19-7-5-6-18(13-22(28)26(3)15-19)23(29)24-14-17-8-10-20(30-4)11-9-17/h8-11,16,18-19H,5-7,12-15H2,1-4H3,(H,24,29)(H,25,27)/t18-,19-/m1/s1. The summed E-state index contributed by atoms with van der Waals surface area (Å²) in [6.45, 7) is 4.90. The second-order valence-corrected chi connectivity index (χ2v) is 8.53. The van der Waals surface area contributed by atoms with Crippen molar-refractivity contribution >= 4 is 17.7 Å². The fraction of sp³-hybridized carbons (Fsp3) is 0.609. The number of benzene rings is 1. The highest BCUT2D eigenvalue weighted by Crippen LogP contribution is 2.19. The van der Waals surface area contributed by atoms with E-state index in [0.717, 1.165) is 24.2 Å². The van der Waals surface area contributed by atoms with Crippen molar-refractivity contribution in [2.75, 3.05) is 20.7 Å². The molecule has 166 valence electrons. The van der Waals surface area contributed by atoms with Crippen molar-refractivity contribution in [3.05, 3.63) is 29.8 Å². The average molecular weight is 418 g/mol. The van der Waals surface area contributed by atoms with E-state index in [1.165, 1.54) is 0 Å². The molecule has 0 radical (unpaired) electrons. The van der Waals surface area contributed by atoms with Crippen LogP contribution in [0.5, 0.6) is 5.75 Å². The Morgan fingerprint density at radius 1 is 1.20 bits per heavy atom. The molecule has 0 unspecified atom stereocenters. The summed E-state index contributed by atoms with van der Waals surface area (Å²) in [5.74, 6) is 0.552. The molecule has 7 nitrogen and oxygen atoms in total. The number of carbonyl (C=O) groups is 3. The third kappa shape index (κ3) is 7.69. The molecule has 2 rings (SSSR count). The summed E-state index contributed by atoms with van der Waals surface area (Å²) in [7, 11) is 3.35. The van der Waals surface area contributed by atoms with E-state index in [1.54, 1.807) is 19.1 Å². The second kappa shape index (κ2) is 11.6. The van der Waals surface area contributed by atoms with Gasteiger partial charge >= 0.3 is 0 Å². The first kappa shape index (κ1) is 23.7. The number of hydrogen-bond donors (Lipinski definition) is 2. The van der Waals surface area contributed by atoms with Gasteiger partial charge in [0.05, 0.1) is 7.11 Å². The maximum atomic E-state index is 12.7. The first-order valence-corrected chi connectivity index (χ1v) is 10.7. The lowest BCUT2D eigenvalue weighted by atomic mass is 9.96. The zero-order chi connectivity index (χ0) is 22.1. The SMILES string of the molecule is COc1ccc(CNC(=O)[C@@H]2CCC[C@@H](NC(=O)CC(C)C)CN(C)C(=O)C2)cc1. The highest BCUT2D eigenvalue weighted by atomic mass is 16.5. The van der Waals surface area contributed by atoms with Gasteiger partial charge in [-0.25, -0.2) is 0 Å². The van der Waals surface area contributed by atoms with E-state index in [0.29, 0.717) is 31.8 Å². The minimum Gasteiger partial charge on any atom is -0.497 e. The average Bonchev–Trinajstić information content (AvgIpc) is 2.76. The molecular weight excluding hydrogens is 382 g/mol. The van der Waals surface area contributed by atoms with Gasteiger partial charge in [0, 0.05) is 44.9 Å². The van der Waals surface area contributed by atoms with Crippen LogP contribution in [0.2, 0.25) is 0 Å². The zero-order valence-electron chi connectivity index (χ0n) is 18.6. The van der Waals surface area contributed by atoms with Crippen LogP contribution in [0, 0.1) is 11.8 Å². The molecule has 0 spiro atoms. The molecule has 7 heteroatoms. The molecule has 3 amide bonds. The minimum absolute atomic E-state index is 0.0175. The van der Waals surface area contributed by atoms with Crippen LogP contribution in [-0.4, -0.2) is 49.4 Å². The van der Waals surface area contributed by atoms with E-state index in [2.05, 4.69) is 10.6 Å². The predicted molar refractivity (Wildman–Crippen MR) is 116 cm³/mol. The predicted octanol–water partition coefficient (Wildman–Crippen LogP) is 2.49. The molecule has 1 aromatic carbocycles. The van der Waals surface area contributed by atoms with Gasteiger partial charge in [-0.15, -0.1) is 0 Å². The van der Waals surface area contributed by atoms with Gasteiger partial charge in [-0.3, -0.25) is 14.4 Å². The molecule has 0 aliphatic carbocycles. The van der Waals surface area contributed by atoms with Crippen molar-refractivity contribution in [3.8, 4) is 5.75 Å². The molecule has 1 aliphatic heterocycles. The number of nitrogens with one attached hydrogen (secondary N) is 2. The monoisotopic (exact) mass is 417 g/mol. The van der Waals surface area contributed by atoms with E-state index in [4.69, 9.17) is 4.74 Å². The molecule has 1 fully saturated rings. The zero-order valence-corrected chi connectivity index (χ0v) is 18.6. The number of rotatable bonds is 7. The molecule has 1 aromatic rings. The molecule has 1 heterocycles. The summed E-state index contributed by atoms with van der Waals surface area (Å²) in [6.07, 6.45) is 2.84. The topological polar surface area (TPSA) is 87.7 Å². The van der Waals surface area contributed by atoms with Crippen LogP contribution in [0.15, 0.2) is 24.3 Å². The van der Waals surface area contributed by atoms with Crippen LogP contribution in [0.25, 0.3) is 0 Å². The molecule has 0 saturated carbocycles.